The summed E-state index contributed by atoms with van der Waals surface area (Å²) in [5.74, 6) is -2.13. The molecule has 2 amide bonds. The maximum absolute atomic E-state index is 14.0. The zero-order valence-electron chi connectivity index (χ0n) is 18.8. The number of hydrogen-bond donors (Lipinski definition) is 4. The zero-order valence-corrected chi connectivity index (χ0v) is 18.8. The van der Waals surface area contributed by atoms with Crippen LogP contribution in [0, 0.1) is 11.6 Å². The third kappa shape index (κ3) is 6.98. The highest BCUT2D eigenvalue weighted by molar-refractivity contribution is 5.92. The van der Waals surface area contributed by atoms with E-state index < -0.39 is 35.8 Å². The molecule has 0 saturated carbocycles. The minimum atomic E-state index is -1.12. The van der Waals surface area contributed by atoms with E-state index in [0.29, 0.717) is 23.0 Å². The van der Waals surface area contributed by atoms with Crippen LogP contribution in [-0.4, -0.2) is 48.7 Å². The van der Waals surface area contributed by atoms with Crippen LogP contribution in [0.5, 0.6) is 5.75 Å². The molecule has 0 saturated heterocycles. The number of methoxy groups -OCH3 is 1. The van der Waals surface area contributed by atoms with Crippen molar-refractivity contribution in [3.63, 3.8) is 0 Å². The Hall–Kier alpha value is -3.54. The third-order valence-electron chi connectivity index (χ3n) is 4.96. The van der Waals surface area contributed by atoms with Crippen LogP contribution < -0.4 is 15.5 Å². The van der Waals surface area contributed by atoms with Gasteiger partial charge in [-0.3, -0.25) is 15.3 Å². The number of amides is 2. The van der Waals surface area contributed by atoms with Gasteiger partial charge in [-0.05, 0) is 49.2 Å². The first kappa shape index (κ1) is 26.7. The number of aliphatic hydroxyl groups excluding tert-OH is 1. The largest absolute Gasteiger partial charge is 0.491 e. The van der Waals surface area contributed by atoms with Crippen molar-refractivity contribution in [3.05, 3.63) is 70.8 Å². The van der Waals surface area contributed by atoms with Gasteiger partial charge in [0, 0.05) is 18.7 Å². The molecule has 0 radical (unpaired) electrons. The van der Waals surface area contributed by atoms with Crippen LogP contribution in [0.15, 0.2) is 53.6 Å². The Kier molecular flexibility index (Phi) is 9.92. The Balaban J connectivity index is 2.39. The van der Waals surface area contributed by atoms with Crippen molar-refractivity contribution in [2.24, 2.45) is 0 Å². The van der Waals surface area contributed by atoms with Crippen LogP contribution in [0.25, 0.3) is 0 Å². The molecular weight excluding hydrogens is 454 g/mol. The lowest BCUT2D eigenvalue weighted by molar-refractivity contribution is -0.125. The maximum Gasteiger partial charge on any atom is 0.412 e. The van der Waals surface area contributed by atoms with Crippen molar-refractivity contribution < 1.29 is 42.9 Å². The lowest BCUT2D eigenvalue weighted by Crippen LogP contribution is -2.31. The van der Waals surface area contributed by atoms with Crippen LogP contribution in [0.2, 0.25) is 0 Å². The van der Waals surface area contributed by atoms with E-state index in [1.807, 2.05) is 0 Å². The molecule has 0 heterocycles. The van der Waals surface area contributed by atoms with Crippen molar-refractivity contribution in [1.29, 1.82) is 0 Å². The summed E-state index contributed by atoms with van der Waals surface area (Å²) in [5, 5.41) is 20.1. The van der Waals surface area contributed by atoms with Crippen molar-refractivity contribution >= 4 is 17.7 Å². The van der Waals surface area contributed by atoms with E-state index in [9.17, 15) is 18.4 Å². The number of ether oxygens (including phenoxy) is 3. The molecule has 0 aliphatic rings. The Morgan fingerprint density at radius 2 is 1.76 bits per heavy atom. The molecular formula is C23H26F2N2O7. The quantitative estimate of drug-likeness (QED) is 0.233. The Labute approximate surface area is 194 Å². The molecule has 2 aromatic carbocycles. The highest BCUT2D eigenvalue weighted by Gasteiger charge is 2.31. The number of hydrogen-bond acceptors (Lipinski definition) is 7. The van der Waals surface area contributed by atoms with Gasteiger partial charge in [-0.1, -0.05) is 12.1 Å². The second-order valence-electron chi connectivity index (χ2n) is 7.12. The van der Waals surface area contributed by atoms with Gasteiger partial charge in [-0.15, -0.1) is 0 Å². The average Bonchev–Trinajstić information content (AvgIpc) is 2.83. The Morgan fingerprint density at radius 1 is 1.09 bits per heavy atom. The molecule has 2 aromatic rings. The lowest BCUT2D eigenvalue weighted by atomic mass is 9.95. The van der Waals surface area contributed by atoms with Gasteiger partial charge in [0.15, 0.2) is 6.10 Å². The van der Waals surface area contributed by atoms with E-state index in [1.165, 1.54) is 19.5 Å². The molecule has 0 unspecified atom stereocenters. The van der Waals surface area contributed by atoms with Gasteiger partial charge >= 0.3 is 6.09 Å². The molecule has 34 heavy (non-hydrogen) atoms. The molecule has 4 N–H and O–H groups in total. The first-order chi connectivity index (χ1) is 16.2. The summed E-state index contributed by atoms with van der Waals surface area (Å²) in [6.45, 7) is 2.92. The minimum Gasteiger partial charge on any atom is -0.491 e. The fraction of sp³-hybridized carbons (Fsp3) is 0.304. The highest BCUT2D eigenvalue weighted by Crippen LogP contribution is 2.31. The molecule has 0 aliphatic heterocycles. The number of hydroxylamine groups is 1. The smallest absolute Gasteiger partial charge is 0.412 e. The molecule has 2 atom stereocenters. The fourth-order valence-electron chi connectivity index (χ4n) is 3.07. The van der Waals surface area contributed by atoms with Crippen LogP contribution in [0.4, 0.5) is 19.3 Å². The molecule has 2 rings (SSSR count). The summed E-state index contributed by atoms with van der Waals surface area (Å²) >= 11 is 0. The summed E-state index contributed by atoms with van der Waals surface area (Å²) in [4.78, 5) is 24.5. The maximum atomic E-state index is 14.0. The van der Waals surface area contributed by atoms with Crippen molar-refractivity contribution in [1.82, 2.24) is 5.48 Å². The number of carbonyl (C=O) groups excluding carboxylic acids is 2. The van der Waals surface area contributed by atoms with Crippen LogP contribution in [0.3, 0.4) is 0 Å². The minimum absolute atomic E-state index is 0.0862. The number of aliphatic hydroxyl groups is 1. The monoisotopic (exact) mass is 480 g/mol. The molecule has 0 fully saturated rings. The van der Waals surface area contributed by atoms with Crippen molar-refractivity contribution in [3.8, 4) is 5.75 Å². The first-order valence-corrected chi connectivity index (χ1v) is 10.1. The zero-order chi connectivity index (χ0) is 25.3. The van der Waals surface area contributed by atoms with E-state index >= 15 is 0 Å². The molecule has 184 valence electrons. The van der Waals surface area contributed by atoms with Gasteiger partial charge in [0.05, 0.1) is 12.3 Å². The molecule has 0 aromatic heterocycles. The van der Waals surface area contributed by atoms with Crippen LogP contribution in [0.1, 0.15) is 25.5 Å². The van der Waals surface area contributed by atoms with Gasteiger partial charge in [0.1, 0.15) is 30.1 Å². The molecule has 9 nitrogen and oxygen atoms in total. The number of halogens is 2. The normalized spacial score (nSPS) is 13.4. The van der Waals surface area contributed by atoms with Gasteiger partial charge in [-0.25, -0.2) is 19.1 Å². The topological polar surface area (TPSA) is 126 Å². The number of nitrogens with one attached hydrogen (secondary N) is 2. The summed E-state index contributed by atoms with van der Waals surface area (Å²) < 4.78 is 43.5. The van der Waals surface area contributed by atoms with Gasteiger partial charge in [0.2, 0.25) is 0 Å². The molecule has 0 aliphatic carbocycles. The number of anilines is 1. The Morgan fingerprint density at radius 3 is 2.32 bits per heavy atom. The summed E-state index contributed by atoms with van der Waals surface area (Å²) in [6, 6.07) is 8.97. The van der Waals surface area contributed by atoms with E-state index in [2.05, 4.69) is 5.32 Å². The predicted octanol–water partition coefficient (Wildman–Crippen LogP) is 3.48. The second kappa shape index (κ2) is 12.6. The second-order valence-corrected chi connectivity index (χ2v) is 7.12. The molecule has 11 heteroatoms. The lowest BCUT2D eigenvalue weighted by Gasteiger charge is -2.28. The van der Waals surface area contributed by atoms with Crippen LogP contribution in [-0.2, 0) is 14.3 Å². The summed E-state index contributed by atoms with van der Waals surface area (Å²) in [7, 11) is 1.34. The van der Waals surface area contributed by atoms with Gasteiger partial charge < -0.3 is 19.3 Å². The van der Waals surface area contributed by atoms with Crippen LogP contribution >= 0.6 is 0 Å². The van der Waals surface area contributed by atoms with Gasteiger partial charge in [-0.2, -0.15) is 0 Å². The fourth-order valence-corrected chi connectivity index (χ4v) is 3.07. The summed E-state index contributed by atoms with van der Waals surface area (Å²) in [5.41, 5.74) is 2.14. The average molecular weight is 480 g/mol. The standard InChI is InChI=1S/C23H26F2N2O7/c1-13(14(2)22(29)27-31)20(32-3)21(15-4-7-17(8-5-15)33-11-10-28)34-23(30)26-19-9-6-16(24)12-18(19)25/h4-9,12,20-21,28,31H,10-11H2,1-3H3,(H,26,30)(H,27,29)/b14-13+/t20-,21-/m1/s1. The summed E-state index contributed by atoms with van der Waals surface area (Å²) in [6.07, 6.45) is -3.16. The molecule has 0 bridgehead atoms. The van der Waals surface area contributed by atoms with E-state index in [4.69, 9.17) is 24.5 Å². The predicted molar refractivity (Wildman–Crippen MR) is 117 cm³/mol. The van der Waals surface area contributed by atoms with E-state index in [-0.39, 0.29) is 24.5 Å². The third-order valence-corrected chi connectivity index (χ3v) is 4.96. The number of carbonyl (C=O) groups is 2. The Bertz CT molecular complexity index is 1030. The van der Waals surface area contributed by atoms with Crippen molar-refractivity contribution in [2.75, 3.05) is 25.6 Å². The van der Waals surface area contributed by atoms with E-state index in [0.717, 1.165) is 12.1 Å². The molecule has 0 spiro atoms. The first-order valence-electron chi connectivity index (χ1n) is 10.1. The number of benzene rings is 2. The highest BCUT2D eigenvalue weighted by atomic mass is 19.1. The number of rotatable bonds is 10. The van der Waals surface area contributed by atoms with Crippen molar-refractivity contribution in [2.45, 2.75) is 26.1 Å². The SMILES string of the molecule is CO[C@H](/C(C)=C(\C)C(=O)NO)[C@H](OC(=O)Nc1ccc(F)cc1F)c1ccc(OCCO)cc1. The van der Waals surface area contributed by atoms with E-state index in [1.54, 1.807) is 31.2 Å². The van der Waals surface area contributed by atoms with Gasteiger partial charge in [0.25, 0.3) is 5.91 Å².